The highest BCUT2D eigenvalue weighted by Gasteiger charge is 2.15. The first-order chi connectivity index (χ1) is 28.2. The molecule has 0 aliphatic carbocycles. The molecule has 0 aliphatic rings. The van der Waals surface area contributed by atoms with Gasteiger partial charge in [0.1, 0.15) is 11.2 Å². The second-order valence-corrected chi connectivity index (χ2v) is 15.3. The first kappa shape index (κ1) is 31.8. The van der Waals surface area contributed by atoms with Gasteiger partial charge in [-0.15, -0.1) is 0 Å². The average Bonchev–Trinajstić information content (AvgIpc) is 3.65. The van der Waals surface area contributed by atoms with Crippen LogP contribution >= 0.6 is 0 Å². The number of benzene rings is 11. The summed E-state index contributed by atoms with van der Waals surface area (Å²) < 4.78 is 6.56. The van der Waals surface area contributed by atoms with Crippen molar-refractivity contribution >= 4 is 75.8 Å². The second kappa shape index (κ2) is 12.5. The summed E-state index contributed by atoms with van der Waals surface area (Å²) in [7, 11) is 0. The van der Waals surface area contributed by atoms with Crippen molar-refractivity contribution in [3.05, 3.63) is 206 Å². The highest BCUT2D eigenvalue weighted by Crippen LogP contribution is 2.42. The van der Waals surface area contributed by atoms with Gasteiger partial charge in [0.25, 0.3) is 0 Å². The van der Waals surface area contributed by atoms with Gasteiger partial charge >= 0.3 is 0 Å². The first-order valence-corrected chi connectivity index (χ1v) is 19.6. The lowest BCUT2D eigenvalue weighted by molar-refractivity contribution is 0.669. The van der Waals surface area contributed by atoms with Crippen LogP contribution in [0.2, 0.25) is 0 Å². The smallest absolute Gasteiger partial charge is 0.136 e. The van der Waals surface area contributed by atoms with Crippen LogP contribution in [0.3, 0.4) is 0 Å². The molecule has 0 saturated carbocycles. The third-order valence-corrected chi connectivity index (χ3v) is 12.0. The Morgan fingerprint density at radius 3 is 1.33 bits per heavy atom. The number of rotatable bonds is 4. The molecule has 0 amide bonds. The van der Waals surface area contributed by atoms with Gasteiger partial charge in [-0.1, -0.05) is 158 Å². The molecule has 0 atom stereocenters. The average molecular weight is 723 g/mol. The third-order valence-electron chi connectivity index (χ3n) is 12.0. The molecule has 0 aliphatic heterocycles. The predicted octanol–water partition coefficient (Wildman–Crippen LogP) is 16.0. The number of hydrogen-bond acceptors (Lipinski definition) is 1. The topological polar surface area (TPSA) is 13.1 Å². The molecule has 1 nitrogen and oxygen atoms in total. The molecule has 1 heteroatoms. The van der Waals surface area contributed by atoms with E-state index in [1.165, 1.54) is 87.2 Å². The van der Waals surface area contributed by atoms with E-state index in [-0.39, 0.29) is 0 Å². The van der Waals surface area contributed by atoms with Crippen molar-refractivity contribution in [2.24, 2.45) is 0 Å². The van der Waals surface area contributed by atoms with Gasteiger partial charge in [0.05, 0.1) is 0 Å². The summed E-state index contributed by atoms with van der Waals surface area (Å²) in [6.45, 7) is 0. The Bertz CT molecular complexity index is 3580. The van der Waals surface area contributed by atoms with E-state index in [2.05, 4.69) is 206 Å². The van der Waals surface area contributed by atoms with Crippen LogP contribution < -0.4 is 0 Å². The minimum atomic E-state index is 0.901. The van der Waals surface area contributed by atoms with E-state index < -0.39 is 0 Å². The molecule has 0 bridgehead atoms. The predicted molar refractivity (Wildman–Crippen MR) is 243 cm³/mol. The molecule has 0 unspecified atom stereocenters. The van der Waals surface area contributed by atoms with E-state index in [9.17, 15) is 0 Å². The normalized spacial score (nSPS) is 11.9. The Kier molecular flexibility index (Phi) is 7.00. The van der Waals surface area contributed by atoms with Crippen LogP contribution in [0, 0.1) is 0 Å². The fourth-order valence-corrected chi connectivity index (χ4v) is 9.16. The zero-order chi connectivity index (χ0) is 37.5. The van der Waals surface area contributed by atoms with Gasteiger partial charge in [-0.2, -0.15) is 0 Å². The lowest BCUT2D eigenvalue weighted by atomic mass is 9.88. The van der Waals surface area contributed by atoms with Crippen molar-refractivity contribution in [1.82, 2.24) is 0 Å². The molecule has 264 valence electrons. The van der Waals surface area contributed by atoms with Gasteiger partial charge in [-0.05, 0) is 147 Å². The van der Waals surface area contributed by atoms with Crippen molar-refractivity contribution in [3.8, 4) is 44.5 Å². The van der Waals surface area contributed by atoms with Crippen molar-refractivity contribution in [1.29, 1.82) is 0 Å². The monoisotopic (exact) mass is 722 g/mol. The summed E-state index contributed by atoms with van der Waals surface area (Å²) in [5.41, 5.74) is 11.4. The maximum Gasteiger partial charge on any atom is 0.136 e. The first-order valence-electron chi connectivity index (χ1n) is 19.6. The van der Waals surface area contributed by atoms with Gasteiger partial charge in [0.15, 0.2) is 0 Å². The van der Waals surface area contributed by atoms with Gasteiger partial charge in [0, 0.05) is 10.8 Å². The van der Waals surface area contributed by atoms with Crippen molar-refractivity contribution < 1.29 is 4.42 Å². The quantitative estimate of drug-likeness (QED) is 0.165. The van der Waals surface area contributed by atoms with Gasteiger partial charge in [-0.3, -0.25) is 0 Å². The largest absolute Gasteiger partial charge is 0.456 e. The van der Waals surface area contributed by atoms with Crippen molar-refractivity contribution in [2.45, 2.75) is 0 Å². The molecule has 0 spiro atoms. The summed E-state index contributed by atoms with van der Waals surface area (Å²) in [6, 6.07) is 75.4. The van der Waals surface area contributed by atoms with Crippen LogP contribution in [0.1, 0.15) is 0 Å². The Morgan fingerprint density at radius 2 is 0.649 bits per heavy atom. The Balaban J connectivity index is 0.927. The summed E-state index contributed by atoms with van der Waals surface area (Å²) in [5, 5.41) is 14.8. The maximum atomic E-state index is 6.56. The van der Waals surface area contributed by atoms with E-state index >= 15 is 0 Å². The van der Waals surface area contributed by atoms with Crippen LogP contribution in [0.4, 0.5) is 0 Å². The molecule has 12 rings (SSSR count). The molecular weight excluding hydrogens is 689 g/mol. The van der Waals surface area contributed by atoms with Crippen molar-refractivity contribution in [3.63, 3.8) is 0 Å². The summed E-state index contributed by atoms with van der Waals surface area (Å²) >= 11 is 0. The molecule has 0 radical (unpaired) electrons. The minimum absolute atomic E-state index is 0.901. The van der Waals surface area contributed by atoms with Crippen LogP contribution in [0.25, 0.3) is 120 Å². The molecule has 57 heavy (non-hydrogen) atoms. The lowest BCUT2D eigenvalue weighted by Gasteiger charge is -2.16. The number of fused-ring (bicyclic) bond motifs is 9. The highest BCUT2D eigenvalue weighted by molar-refractivity contribution is 6.17. The Labute approximate surface area is 329 Å². The molecular formula is C56H34O. The number of furan rings is 1. The molecule has 11 aromatic carbocycles. The summed E-state index contributed by atoms with van der Waals surface area (Å²) in [6.07, 6.45) is 0. The number of hydrogen-bond donors (Lipinski definition) is 0. The standard InChI is InChI=1S/C56H34O/c1-2-10-37-29-38(20-17-35(37)9-1)40-23-25-52-53-26-24-41(34-56(53)57-55(52)33-40)39-21-18-36-19-22-43(31-44(36)30-39)46-27-28-51(49-15-7-5-14-48(46)49)54-32-42-11-3-4-12-45(42)47-13-6-8-16-50(47)54/h1-34H. The van der Waals surface area contributed by atoms with Gasteiger partial charge in [-0.25, -0.2) is 0 Å². The van der Waals surface area contributed by atoms with Crippen LogP contribution in [-0.4, -0.2) is 0 Å². The fraction of sp³-hybridized carbons (Fsp3) is 0. The maximum absolute atomic E-state index is 6.56. The zero-order valence-electron chi connectivity index (χ0n) is 31.0. The molecule has 0 N–H and O–H groups in total. The van der Waals surface area contributed by atoms with E-state index in [0.29, 0.717) is 0 Å². The zero-order valence-corrected chi connectivity index (χ0v) is 31.0. The van der Waals surface area contributed by atoms with Gasteiger partial charge in [0.2, 0.25) is 0 Å². The van der Waals surface area contributed by atoms with E-state index in [4.69, 9.17) is 4.42 Å². The summed E-state index contributed by atoms with van der Waals surface area (Å²) in [5.74, 6) is 0. The highest BCUT2D eigenvalue weighted by atomic mass is 16.3. The molecule has 0 saturated heterocycles. The Morgan fingerprint density at radius 1 is 0.211 bits per heavy atom. The Hall–Kier alpha value is -7.48. The van der Waals surface area contributed by atoms with Crippen molar-refractivity contribution in [2.75, 3.05) is 0 Å². The van der Waals surface area contributed by atoms with E-state index in [1.807, 2.05) is 0 Å². The van der Waals surface area contributed by atoms with E-state index in [0.717, 1.165) is 33.1 Å². The van der Waals surface area contributed by atoms with Gasteiger partial charge < -0.3 is 4.42 Å². The molecule has 1 heterocycles. The minimum Gasteiger partial charge on any atom is -0.456 e. The van der Waals surface area contributed by atoms with Crippen LogP contribution in [0.15, 0.2) is 211 Å². The fourth-order valence-electron chi connectivity index (χ4n) is 9.16. The lowest BCUT2D eigenvalue weighted by Crippen LogP contribution is -1.89. The molecule has 0 fully saturated rings. The third kappa shape index (κ3) is 5.17. The summed E-state index contributed by atoms with van der Waals surface area (Å²) in [4.78, 5) is 0. The van der Waals surface area contributed by atoms with Crippen LogP contribution in [-0.2, 0) is 0 Å². The molecule has 1 aromatic heterocycles. The van der Waals surface area contributed by atoms with Crippen LogP contribution in [0.5, 0.6) is 0 Å². The SMILES string of the molecule is c1ccc2cc(-c3ccc4c(c3)oc3cc(-c5ccc6ccc(-c7ccc(-c8cc9ccccc9c9ccccc89)c8ccccc78)cc6c5)ccc34)ccc2c1. The molecule has 12 aromatic rings. The second-order valence-electron chi connectivity index (χ2n) is 15.3. The van der Waals surface area contributed by atoms with E-state index in [1.54, 1.807) is 0 Å².